The maximum absolute atomic E-state index is 12.3. The average molecular weight is 303 g/mol. The molecule has 0 saturated heterocycles. The Bertz CT molecular complexity index is 593. The molecule has 2 atom stereocenters. The van der Waals surface area contributed by atoms with Crippen LogP contribution in [0.3, 0.4) is 0 Å². The smallest absolute Gasteiger partial charge is 0.118 e. The van der Waals surface area contributed by atoms with E-state index in [0.717, 1.165) is 22.6 Å². The van der Waals surface area contributed by atoms with Crippen molar-refractivity contribution in [2.45, 2.75) is 24.3 Å². The SMILES string of the molecule is CCc1ccc(C(N)CS(=O)c2ccc(OC)cc2)cc1. The monoisotopic (exact) mass is 303 g/mol. The van der Waals surface area contributed by atoms with Gasteiger partial charge in [0.25, 0.3) is 0 Å². The third kappa shape index (κ3) is 4.16. The van der Waals surface area contributed by atoms with E-state index in [1.165, 1.54) is 5.56 Å². The molecule has 2 rings (SSSR count). The Morgan fingerprint density at radius 2 is 1.71 bits per heavy atom. The first kappa shape index (κ1) is 15.7. The van der Waals surface area contributed by atoms with E-state index in [4.69, 9.17) is 10.5 Å². The van der Waals surface area contributed by atoms with Gasteiger partial charge in [0, 0.05) is 16.7 Å². The van der Waals surface area contributed by atoms with Crippen molar-refractivity contribution in [1.82, 2.24) is 0 Å². The highest BCUT2D eigenvalue weighted by atomic mass is 32.2. The first-order valence-corrected chi connectivity index (χ1v) is 8.32. The highest BCUT2D eigenvalue weighted by molar-refractivity contribution is 7.85. The third-order valence-corrected chi connectivity index (χ3v) is 4.93. The number of benzene rings is 2. The van der Waals surface area contributed by atoms with Crippen LogP contribution in [0.1, 0.15) is 24.1 Å². The van der Waals surface area contributed by atoms with Crippen molar-refractivity contribution in [3.05, 3.63) is 59.7 Å². The maximum atomic E-state index is 12.3. The molecule has 0 amide bonds. The zero-order chi connectivity index (χ0) is 15.2. The molecule has 0 aromatic heterocycles. The van der Waals surface area contributed by atoms with Gasteiger partial charge < -0.3 is 10.5 Å². The van der Waals surface area contributed by atoms with Crippen LogP contribution in [0.5, 0.6) is 5.75 Å². The Morgan fingerprint density at radius 1 is 1.10 bits per heavy atom. The van der Waals surface area contributed by atoms with Gasteiger partial charge in [-0.15, -0.1) is 0 Å². The molecule has 0 aliphatic heterocycles. The first-order chi connectivity index (χ1) is 10.1. The fourth-order valence-corrected chi connectivity index (χ4v) is 3.23. The lowest BCUT2D eigenvalue weighted by atomic mass is 10.1. The van der Waals surface area contributed by atoms with E-state index in [1.807, 2.05) is 36.4 Å². The Kier molecular flexibility index (Phi) is 5.53. The van der Waals surface area contributed by atoms with Gasteiger partial charge in [0.1, 0.15) is 5.75 Å². The van der Waals surface area contributed by atoms with Crippen molar-refractivity contribution in [1.29, 1.82) is 0 Å². The second-order valence-corrected chi connectivity index (χ2v) is 6.39. The normalized spacial score (nSPS) is 13.7. The summed E-state index contributed by atoms with van der Waals surface area (Å²) >= 11 is 0. The largest absolute Gasteiger partial charge is 0.497 e. The van der Waals surface area contributed by atoms with E-state index in [0.29, 0.717) is 5.75 Å². The van der Waals surface area contributed by atoms with E-state index in [1.54, 1.807) is 7.11 Å². The average Bonchev–Trinajstić information content (AvgIpc) is 2.55. The summed E-state index contributed by atoms with van der Waals surface area (Å²) in [5.41, 5.74) is 8.47. The van der Waals surface area contributed by atoms with Crippen LogP contribution in [0.4, 0.5) is 0 Å². The second-order valence-electron chi connectivity index (χ2n) is 4.89. The first-order valence-electron chi connectivity index (χ1n) is 7.01. The minimum absolute atomic E-state index is 0.223. The molecule has 0 saturated carbocycles. The molecule has 2 aromatic rings. The highest BCUT2D eigenvalue weighted by Crippen LogP contribution is 2.18. The number of methoxy groups -OCH3 is 1. The van der Waals surface area contributed by atoms with E-state index in [9.17, 15) is 4.21 Å². The van der Waals surface area contributed by atoms with Gasteiger partial charge in [-0.1, -0.05) is 31.2 Å². The van der Waals surface area contributed by atoms with E-state index < -0.39 is 10.8 Å². The molecule has 2 N–H and O–H groups in total. The van der Waals surface area contributed by atoms with Crippen molar-refractivity contribution in [2.24, 2.45) is 5.73 Å². The van der Waals surface area contributed by atoms with Crippen molar-refractivity contribution in [2.75, 3.05) is 12.9 Å². The minimum Gasteiger partial charge on any atom is -0.497 e. The molecule has 0 aliphatic rings. The highest BCUT2D eigenvalue weighted by Gasteiger charge is 2.12. The molecule has 112 valence electrons. The zero-order valence-electron chi connectivity index (χ0n) is 12.4. The summed E-state index contributed by atoms with van der Waals surface area (Å²) in [6, 6.07) is 15.2. The molecule has 21 heavy (non-hydrogen) atoms. The molecule has 0 radical (unpaired) electrons. The Morgan fingerprint density at radius 3 is 2.24 bits per heavy atom. The van der Waals surface area contributed by atoms with Crippen LogP contribution in [0.15, 0.2) is 53.4 Å². The number of aryl methyl sites for hydroxylation is 1. The molecule has 2 aromatic carbocycles. The van der Waals surface area contributed by atoms with E-state index in [2.05, 4.69) is 19.1 Å². The number of nitrogens with two attached hydrogens (primary N) is 1. The third-order valence-electron chi connectivity index (χ3n) is 3.47. The molecule has 0 bridgehead atoms. The van der Waals surface area contributed by atoms with Crippen LogP contribution in [-0.4, -0.2) is 17.1 Å². The summed E-state index contributed by atoms with van der Waals surface area (Å²) in [5, 5.41) is 0. The molecule has 3 nitrogen and oxygen atoms in total. The number of rotatable bonds is 6. The summed E-state index contributed by atoms with van der Waals surface area (Å²) in [4.78, 5) is 0.774. The second kappa shape index (κ2) is 7.38. The lowest BCUT2D eigenvalue weighted by molar-refractivity contribution is 0.414. The van der Waals surface area contributed by atoms with Gasteiger partial charge in [-0.3, -0.25) is 4.21 Å². The van der Waals surface area contributed by atoms with Crippen LogP contribution < -0.4 is 10.5 Å². The summed E-state index contributed by atoms with van der Waals surface area (Å²) in [7, 11) is 0.501. The maximum Gasteiger partial charge on any atom is 0.118 e. The van der Waals surface area contributed by atoms with E-state index >= 15 is 0 Å². The quantitative estimate of drug-likeness (QED) is 0.892. The summed E-state index contributed by atoms with van der Waals surface area (Å²) in [5.74, 6) is 1.17. The van der Waals surface area contributed by atoms with Gasteiger partial charge in [-0.05, 0) is 41.8 Å². The molecular weight excluding hydrogens is 282 g/mol. The molecular formula is C17H21NO2S. The Hall–Kier alpha value is -1.65. The van der Waals surface area contributed by atoms with Crippen LogP contribution in [0, 0.1) is 0 Å². The molecule has 0 spiro atoms. The zero-order valence-corrected chi connectivity index (χ0v) is 13.2. The van der Waals surface area contributed by atoms with Gasteiger partial charge in [0.2, 0.25) is 0 Å². The molecule has 0 aliphatic carbocycles. The topological polar surface area (TPSA) is 52.3 Å². The minimum atomic E-state index is -1.11. The standard InChI is InChI=1S/C17H21NO2S/c1-3-13-4-6-14(7-5-13)17(18)12-21(19)16-10-8-15(20-2)9-11-16/h4-11,17H,3,12,18H2,1-2H3. The van der Waals surface area contributed by atoms with Crippen LogP contribution in [0.25, 0.3) is 0 Å². The molecule has 0 fully saturated rings. The van der Waals surface area contributed by atoms with Crippen LogP contribution >= 0.6 is 0 Å². The van der Waals surface area contributed by atoms with Gasteiger partial charge in [0.05, 0.1) is 17.9 Å². The van der Waals surface area contributed by atoms with Gasteiger partial charge in [-0.25, -0.2) is 0 Å². The predicted octanol–water partition coefficient (Wildman–Crippen LogP) is 3.07. The van der Waals surface area contributed by atoms with Crippen molar-refractivity contribution >= 4 is 10.8 Å². The van der Waals surface area contributed by atoms with Gasteiger partial charge in [-0.2, -0.15) is 0 Å². The summed E-state index contributed by atoms with van der Waals surface area (Å²) < 4.78 is 17.4. The fraction of sp³-hybridized carbons (Fsp3) is 0.294. The van der Waals surface area contributed by atoms with Crippen LogP contribution in [0.2, 0.25) is 0 Å². The number of hydrogen-bond donors (Lipinski definition) is 1. The predicted molar refractivity (Wildman–Crippen MR) is 87.0 cm³/mol. The fourth-order valence-electron chi connectivity index (χ4n) is 2.08. The molecule has 2 unspecified atom stereocenters. The van der Waals surface area contributed by atoms with Crippen LogP contribution in [-0.2, 0) is 17.2 Å². The lowest BCUT2D eigenvalue weighted by Gasteiger charge is -2.12. The van der Waals surface area contributed by atoms with Gasteiger partial charge >= 0.3 is 0 Å². The Balaban J connectivity index is 2.03. The summed E-state index contributed by atoms with van der Waals surface area (Å²) in [6.07, 6.45) is 1.01. The molecule has 4 heteroatoms. The van der Waals surface area contributed by atoms with Crippen molar-refractivity contribution in [3.8, 4) is 5.75 Å². The van der Waals surface area contributed by atoms with Crippen molar-refractivity contribution < 1.29 is 8.95 Å². The number of ether oxygens (including phenoxy) is 1. The lowest BCUT2D eigenvalue weighted by Crippen LogP contribution is -2.18. The van der Waals surface area contributed by atoms with Crippen molar-refractivity contribution in [3.63, 3.8) is 0 Å². The summed E-state index contributed by atoms with van der Waals surface area (Å²) in [6.45, 7) is 2.12. The number of hydrogen-bond acceptors (Lipinski definition) is 3. The van der Waals surface area contributed by atoms with E-state index in [-0.39, 0.29) is 6.04 Å². The molecule has 0 heterocycles. The van der Waals surface area contributed by atoms with Gasteiger partial charge in [0.15, 0.2) is 0 Å². The Labute approximate surface area is 128 Å².